The first-order valence-corrected chi connectivity index (χ1v) is 10.1. The number of carbonyl (C=O) groups excluding carboxylic acids is 1. The number of hydrogen-bond acceptors (Lipinski definition) is 4. The minimum atomic E-state index is -4.71. The number of aromatic nitrogens is 1. The maximum Gasteiger partial charge on any atom is 0.403 e. The minimum Gasteiger partial charge on any atom is -0.493 e. The molecule has 2 heterocycles. The van der Waals surface area contributed by atoms with Gasteiger partial charge in [-0.25, -0.2) is 13.2 Å². The van der Waals surface area contributed by atoms with Crippen LogP contribution in [0.3, 0.4) is 0 Å². The van der Waals surface area contributed by atoms with Gasteiger partial charge in [0.2, 0.25) is 11.7 Å². The number of carbonyl (C=O) groups is 1. The Morgan fingerprint density at radius 3 is 2.56 bits per heavy atom. The van der Waals surface area contributed by atoms with Gasteiger partial charge >= 0.3 is 6.18 Å². The molecule has 0 bridgehead atoms. The second kappa shape index (κ2) is 8.80. The summed E-state index contributed by atoms with van der Waals surface area (Å²) in [4.78, 5) is 16.4. The maximum atomic E-state index is 14.2. The van der Waals surface area contributed by atoms with Crippen LogP contribution in [0.5, 0.6) is 5.75 Å². The Morgan fingerprint density at radius 2 is 1.97 bits per heavy atom. The van der Waals surface area contributed by atoms with Crippen LogP contribution < -0.4 is 10.1 Å². The highest BCUT2D eigenvalue weighted by atomic mass is 32.2. The lowest BCUT2D eigenvalue weighted by Gasteiger charge is -2.26. The van der Waals surface area contributed by atoms with E-state index in [9.17, 15) is 35.5 Å². The van der Waals surface area contributed by atoms with Crippen molar-refractivity contribution in [3.63, 3.8) is 0 Å². The van der Waals surface area contributed by atoms with E-state index >= 15 is 0 Å². The summed E-state index contributed by atoms with van der Waals surface area (Å²) in [7, 11) is 1.03. The van der Waals surface area contributed by atoms with Crippen molar-refractivity contribution in [1.82, 2.24) is 4.98 Å². The summed E-state index contributed by atoms with van der Waals surface area (Å²) >= 11 is 0.317. The van der Waals surface area contributed by atoms with E-state index in [2.05, 4.69) is 10.3 Å². The summed E-state index contributed by atoms with van der Waals surface area (Å²) in [5.74, 6) is -5.35. The molecule has 0 saturated carbocycles. The van der Waals surface area contributed by atoms with Crippen molar-refractivity contribution in [2.24, 2.45) is 0 Å². The van der Waals surface area contributed by atoms with Crippen molar-refractivity contribution in [3.8, 4) is 5.75 Å². The van der Waals surface area contributed by atoms with Gasteiger partial charge in [0.15, 0.2) is 11.6 Å². The third-order valence-corrected chi connectivity index (χ3v) is 6.89. The molecule has 1 saturated heterocycles. The largest absolute Gasteiger partial charge is 0.493 e. The SMILES string of the molecule is COc1c([C@@H]2C[C@](C)(C(F)(F)F)S[C@H]2C(=O)Nc2ccnc(C(F)F)c2)ccc(F)c1F. The van der Waals surface area contributed by atoms with E-state index in [4.69, 9.17) is 4.74 Å². The Hall–Kier alpha value is -2.50. The van der Waals surface area contributed by atoms with E-state index in [1.807, 2.05) is 0 Å². The molecule has 32 heavy (non-hydrogen) atoms. The number of anilines is 1. The lowest BCUT2D eigenvalue weighted by atomic mass is 9.85. The summed E-state index contributed by atoms with van der Waals surface area (Å²) in [5.41, 5.74) is -0.812. The lowest BCUT2D eigenvalue weighted by molar-refractivity contribution is -0.155. The number of ether oxygens (including phenoxy) is 1. The van der Waals surface area contributed by atoms with E-state index < -0.39 is 63.9 Å². The van der Waals surface area contributed by atoms with Crippen molar-refractivity contribution in [3.05, 3.63) is 53.4 Å². The van der Waals surface area contributed by atoms with Crippen molar-refractivity contribution >= 4 is 23.4 Å². The van der Waals surface area contributed by atoms with E-state index in [0.717, 1.165) is 38.4 Å². The zero-order valence-electron chi connectivity index (χ0n) is 16.6. The Bertz CT molecular complexity index is 1020. The van der Waals surface area contributed by atoms with Crippen LogP contribution in [0.25, 0.3) is 0 Å². The molecule has 1 amide bonds. The number of rotatable bonds is 5. The molecule has 1 aromatic heterocycles. The smallest absolute Gasteiger partial charge is 0.403 e. The molecule has 3 rings (SSSR count). The van der Waals surface area contributed by atoms with Gasteiger partial charge in [-0.15, -0.1) is 11.8 Å². The van der Waals surface area contributed by atoms with E-state index in [-0.39, 0.29) is 11.3 Å². The van der Waals surface area contributed by atoms with Crippen LogP contribution in [-0.4, -0.2) is 34.2 Å². The average Bonchev–Trinajstić information content (AvgIpc) is 3.09. The summed E-state index contributed by atoms with van der Waals surface area (Å²) in [6.45, 7) is 0.908. The Labute approximate surface area is 182 Å². The second-order valence-corrected chi connectivity index (χ2v) is 8.97. The first kappa shape index (κ1) is 24.1. The number of thioether (sulfide) groups is 1. The Morgan fingerprint density at radius 1 is 1.28 bits per heavy atom. The zero-order valence-corrected chi connectivity index (χ0v) is 17.5. The standard InChI is InChI=1S/C20H17F7N2O2S/c1-19(20(25,26)27)8-11(10-3-4-12(21)14(22)15(10)31-2)16(32-19)18(30)29-9-5-6-28-13(7-9)17(23)24/h3-7,11,16-17H,8H2,1-2H3,(H,28,29,30)/t11-,16+,19+/m0/s1. The van der Waals surface area contributed by atoms with Gasteiger partial charge in [0, 0.05) is 23.4 Å². The number of pyridine rings is 1. The summed E-state index contributed by atoms with van der Waals surface area (Å²) in [6.07, 6.45) is -7.22. The van der Waals surface area contributed by atoms with Crippen LogP contribution >= 0.6 is 11.8 Å². The van der Waals surface area contributed by atoms with Gasteiger partial charge in [0.1, 0.15) is 10.4 Å². The molecule has 1 aliphatic heterocycles. The zero-order chi connectivity index (χ0) is 23.8. The minimum absolute atomic E-state index is 0.0856. The van der Waals surface area contributed by atoms with Crippen LogP contribution in [0.1, 0.15) is 36.9 Å². The fourth-order valence-electron chi connectivity index (χ4n) is 3.53. The molecule has 1 fully saturated rings. The quantitative estimate of drug-likeness (QED) is 0.543. The fraction of sp³-hybridized carbons (Fsp3) is 0.400. The molecule has 0 aliphatic carbocycles. The lowest BCUT2D eigenvalue weighted by Crippen LogP contribution is -2.37. The highest BCUT2D eigenvalue weighted by molar-refractivity contribution is 8.02. The van der Waals surface area contributed by atoms with Crippen LogP contribution in [-0.2, 0) is 4.79 Å². The molecule has 174 valence electrons. The van der Waals surface area contributed by atoms with Gasteiger partial charge in [-0.1, -0.05) is 6.07 Å². The monoisotopic (exact) mass is 482 g/mol. The van der Waals surface area contributed by atoms with Gasteiger partial charge in [-0.2, -0.15) is 17.6 Å². The van der Waals surface area contributed by atoms with Gasteiger partial charge < -0.3 is 10.1 Å². The van der Waals surface area contributed by atoms with Crippen LogP contribution in [0.2, 0.25) is 0 Å². The molecule has 12 heteroatoms. The van der Waals surface area contributed by atoms with Crippen molar-refractivity contribution < 1.29 is 40.3 Å². The van der Waals surface area contributed by atoms with E-state index in [1.54, 1.807) is 0 Å². The third-order valence-electron chi connectivity index (χ3n) is 5.18. The summed E-state index contributed by atoms with van der Waals surface area (Å²) < 4.78 is 97.4. The number of methoxy groups -OCH3 is 1. The normalized spacial score (nSPS) is 23.4. The predicted molar refractivity (Wildman–Crippen MR) is 104 cm³/mol. The van der Waals surface area contributed by atoms with Crippen LogP contribution in [0.4, 0.5) is 36.4 Å². The molecular formula is C20H17F7N2O2S. The van der Waals surface area contributed by atoms with Crippen LogP contribution in [0.15, 0.2) is 30.5 Å². The molecule has 0 radical (unpaired) electrons. The number of alkyl halides is 5. The molecule has 4 nitrogen and oxygen atoms in total. The number of halogens is 7. The topological polar surface area (TPSA) is 51.2 Å². The molecule has 2 aromatic rings. The second-order valence-electron chi connectivity index (χ2n) is 7.32. The highest BCUT2D eigenvalue weighted by Crippen LogP contribution is 2.59. The number of benzene rings is 1. The molecule has 1 aromatic carbocycles. The molecule has 3 atom stereocenters. The summed E-state index contributed by atoms with van der Waals surface area (Å²) in [5, 5.41) is 0.923. The van der Waals surface area contributed by atoms with E-state index in [0.29, 0.717) is 11.8 Å². The first-order valence-electron chi connectivity index (χ1n) is 9.19. The van der Waals surface area contributed by atoms with Gasteiger partial charge in [0.05, 0.1) is 12.4 Å². The van der Waals surface area contributed by atoms with Crippen molar-refractivity contribution in [1.29, 1.82) is 0 Å². The summed E-state index contributed by atoms with van der Waals surface area (Å²) in [6, 6.07) is 3.93. The molecule has 1 N–H and O–H groups in total. The number of hydrogen-bond donors (Lipinski definition) is 1. The van der Waals surface area contributed by atoms with Crippen molar-refractivity contribution in [2.45, 2.75) is 41.9 Å². The fourth-order valence-corrected chi connectivity index (χ4v) is 5.08. The van der Waals surface area contributed by atoms with Gasteiger partial charge in [-0.3, -0.25) is 9.78 Å². The molecular weight excluding hydrogens is 465 g/mol. The van der Waals surface area contributed by atoms with Gasteiger partial charge in [0.25, 0.3) is 6.43 Å². The number of nitrogens with zero attached hydrogens (tertiary/aromatic N) is 1. The number of amides is 1. The number of nitrogens with one attached hydrogen (secondary N) is 1. The first-order chi connectivity index (χ1) is 14.9. The Kier molecular flexibility index (Phi) is 6.64. The molecule has 0 spiro atoms. The molecule has 1 aliphatic rings. The van der Waals surface area contributed by atoms with Crippen LogP contribution in [0, 0.1) is 11.6 Å². The van der Waals surface area contributed by atoms with Gasteiger partial charge in [-0.05, 0) is 31.5 Å². The highest BCUT2D eigenvalue weighted by Gasteiger charge is 2.60. The molecule has 0 unspecified atom stereocenters. The van der Waals surface area contributed by atoms with Crippen molar-refractivity contribution in [2.75, 3.05) is 12.4 Å². The van der Waals surface area contributed by atoms with E-state index in [1.165, 1.54) is 6.07 Å². The predicted octanol–water partition coefficient (Wildman–Crippen LogP) is 5.85. The Balaban J connectivity index is 2.00. The third kappa shape index (κ3) is 4.50. The maximum absolute atomic E-state index is 14.2. The average molecular weight is 482 g/mol.